The van der Waals surface area contributed by atoms with Gasteiger partial charge in [-0.25, -0.2) is 0 Å². The molecule has 0 heterocycles. The quantitative estimate of drug-likeness (QED) is 0.800. The molecule has 0 spiro atoms. The van der Waals surface area contributed by atoms with Crippen LogP contribution >= 0.6 is 11.8 Å². The average molecular weight is 239 g/mol. The normalized spacial score (nSPS) is 12.2. The van der Waals surface area contributed by atoms with E-state index in [1.807, 2.05) is 37.4 Å². The Labute approximate surface area is 101 Å². The van der Waals surface area contributed by atoms with Gasteiger partial charge in [0.25, 0.3) is 5.91 Å². The van der Waals surface area contributed by atoms with E-state index < -0.39 is 0 Å². The van der Waals surface area contributed by atoms with Crippen LogP contribution in [0.3, 0.4) is 0 Å². The van der Waals surface area contributed by atoms with Crippen molar-refractivity contribution in [3.05, 3.63) is 29.8 Å². The number of thioether (sulfide) groups is 1. The number of carbonyl (C=O) groups excluding carboxylic acids is 1. The molecule has 0 aliphatic carbocycles. The summed E-state index contributed by atoms with van der Waals surface area (Å²) in [5.74, 6) is -0.0468. The molecular weight excluding hydrogens is 222 g/mol. The van der Waals surface area contributed by atoms with Crippen LogP contribution < -0.4 is 5.32 Å². The lowest BCUT2D eigenvalue weighted by Crippen LogP contribution is -2.35. The van der Waals surface area contributed by atoms with Gasteiger partial charge >= 0.3 is 0 Å². The summed E-state index contributed by atoms with van der Waals surface area (Å²) in [6, 6.07) is 7.60. The summed E-state index contributed by atoms with van der Waals surface area (Å²) in [6.07, 6.45) is 1.96. The number of hydrogen-bond donors (Lipinski definition) is 1. The van der Waals surface area contributed by atoms with Gasteiger partial charge in [0.2, 0.25) is 0 Å². The zero-order valence-corrected chi connectivity index (χ0v) is 10.6. The van der Waals surface area contributed by atoms with Crippen LogP contribution in [0.5, 0.6) is 0 Å². The number of rotatable bonds is 5. The number of nitrogens with one attached hydrogen (secondary N) is 1. The number of benzene rings is 1. The van der Waals surface area contributed by atoms with E-state index in [1.165, 1.54) is 0 Å². The maximum Gasteiger partial charge on any atom is 0.252 e. The van der Waals surface area contributed by atoms with Gasteiger partial charge in [0.15, 0.2) is 0 Å². The molecule has 1 aromatic rings. The molecule has 0 saturated carbocycles. The second-order valence-electron chi connectivity index (χ2n) is 3.53. The Balaban J connectivity index is 2.72. The Hall–Kier alpha value is -1.00. The topological polar surface area (TPSA) is 38.3 Å². The van der Waals surface area contributed by atoms with Gasteiger partial charge in [-0.05, 0) is 25.3 Å². The van der Waals surface area contributed by atoms with Crippen molar-refractivity contribution in [2.24, 2.45) is 0 Å². The van der Waals surface area contributed by atoms with Crippen LogP contribution in [0.2, 0.25) is 0 Å². The minimum atomic E-state index is -0.0468. The second kappa shape index (κ2) is 6.55. The van der Waals surface area contributed by atoms with E-state index in [2.05, 4.69) is 5.32 Å². The lowest BCUT2D eigenvalue weighted by Gasteiger charge is -2.14. The van der Waals surface area contributed by atoms with Crippen LogP contribution in [0, 0.1) is 0 Å². The smallest absolute Gasteiger partial charge is 0.252 e. The first-order chi connectivity index (χ1) is 7.69. The van der Waals surface area contributed by atoms with Crippen molar-refractivity contribution in [3.63, 3.8) is 0 Å². The summed E-state index contributed by atoms with van der Waals surface area (Å²) in [5.41, 5.74) is 0.720. The molecule has 0 unspecified atom stereocenters. The molecule has 1 N–H and O–H groups in total. The summed E-state index contributed by atoms with van der Waals surface area (Å²) < 4.78 is 4.98. The number of methoxy groups -OCH3 is 1. The Morgan fingerprint density at radius 2 is 2.19 bits per heavy atom. The van der Waals surface area contributed by atoms with Crippen molar-refractivity contribution in [1.82, 2.24) is 5.32 Å². The van der Waals surface area contributed by atoms with Crippen LogP contribution in [0.1, 0.15) is 17.3 Å². The Kier molecular flexibility index (Phi) is 5.35. The third kappa shape index (κ3) is 3.54. The Morgan fingerprint density at radius 3 is 2.81 bits per heavy atom. The number of carbonyl (C=O) groups is 1. The number of hydrogen-bond acceptors (Lipinski definition) is 3. The van der Waals surface area contributed by atoms with Crippen LogP contribution in [-0.4, -0.2) is 31.9 Å². The molecule has 1 aromatic carbocycles. The molecule has 1 amide bonds. The molecule has 3 nitrogen and oxygen atoms in total. The average Bonchev–Trinajstić information content (AvgIpc) is 2.29. The minimum Gasteiger partial charge on any atom is -0.383 e. The first kappa shape index (κ1) is 13.1. The highest BCUT2D eigenvalue weighted by atomic mass is 32.2. The molecule has 0 aliphatic rings. The molecule has 0 bridgehead atoms. The van der Waals surface area contributed by atoms with Crippen molar-refractivity contribution in [2.75, 3.05) is 20.0 Å². The molecule has 0 radical (unpaired) electrons. The van der Waals surface area contributed by atoms with Crippen LogP contribution in [-0.2, 0) is 4.74 Å². The fraction of sp³-hybridized carbons (Fsp3) is 0.417. The van der Waals surface area contributed by atoms with E-state index in [0.29, 0.717) is 6.61 Å². The third-order valence-corrected chi connectivity index (χ3v) is 2.94. The van der Waals surface area contributed by atoms with Gasteiger partial charge in [0.1, 0.15) is 0 Å². The molecule has 0 aromatic heterocycles. The van der Waals surface area contributed by atoms with Crippen LogP contribution in [0.4, 0.5) is 0 Å². The first-order valence-electron chi connectivity index (χ1n) is 5.12. The van der Waals surface area contributed by atoms with Crippen molar-refractivity contribution in [2.45, 2.75) is 17.9 Å². The largest absolute Gasteiger partial charge is 0.383 e. The predicted molar refractivity (Wildman–Crippen MR) is 67.0 cm³/mol. The van der Waals surface area contributed by atoms with E-state index in [1.54, 1.807) is 18.9 Å². The zero-order chi connectivity index (χ0) is 12.0. The van der Waals surface area contributed by atoms with Gasteiger partial charge in [-0.3, -0.25) is 4.79 Å². The van der Waals surface area contributed by atoms with Crippen molar-refractivity contribution in [3.8, 4) is 0 Å². The molecule has 1 rings (SSSR count). The highest BCUT2D eigenvalue weighted by Gasteiger charge is 2.12. The molecule has 0 aliphatic heterocycles. The summed E-state index contributed by atoms with van der Waals surface area (Å²) in [5, 5.41) is 2.89. The fourth-order valence-corrected chi connectivity index (χ4v) is 2.02. The SMILES string of the molecule is COC[C@H](C)NC(=O)c1ccccc1SC. The Morgan fingerprint density at radius 1 is 1.50 bits per heavy atom. The summed E-state index contributed by atoms with van der Waals surface area (Å²) in [4.78, 5) is 12.9. The van der Waals surface area contributed by atoms with Gasteiger partial charge in [-0.2, -0.15) is 0 Å². The van der Waals surface area contributed by atoms with Crippen molar-refractivity contribution in [1.29, 1.82) is 0 Å². The monoisotopic (exact) mass is 239 g/mol. The standard InChI is InChI=1S/C12H17NO2S/c1-9(8-15-2)13-12(14)10-6-4-5-7-11(10)16-3/h4-7,9H,8H2,1-3H3,(H,13,14)/t9-/m0/s1. The number of amides is 1. The van der Waals surface area contributed by atoms with Gasteiger partial charge in [0, 0.05) is 18.0 Å². The molecular formula is C12H17NO2S. The van der Waals surface area contributed by atoms with Gasteiger partial charge < -0.3 is 10.1 Å². The van der Waals surface area contributed by atoms with Crippen LogP contribution in [0.25, 0.3) is 0 Å². The van der Waals surface area contributed by atoms with E-state index in [0.717, 1.165) is 10.5 Å². The molecule has 0 saturated heterocycles. The lowest BCUT2D eigenvalue weighted by molar-refractivity contribution is 0.0902. The summed E-state index contributed by atoms with van der Waals surface area (Å²) in [7, 11) is 1.62. The fourth-order valence-electron chi connectivity index (χ4n) is 1.43. The van der Waals surface area contributed by atoms with Crippen molar-refractivity contribution < 1.29 is 9.53 Å². The lowest BCUT2D eigenvalue weighted by atomic mass is 10.2. The van der Waals surface area contributed by atoms with E-state index in [9.17, 15) is 4.79 Å². The Bertz CT molecular complexity index is 355. The highest BCUT2D eigenvalue weighted by Crippen LogP contribution is 2.19. The molecule has 0 fully saturated rings. The minimum absolute atomic E-state index is 0.0208. The summed E-state index contributed by atoms with van der Waals surface area (Å²) >= 11 is 1.57. The van der Waals surface area contributed by atoms with Gasteiger partial charge in [0.05, 0.1) is 12.2 Å². The predicted octanol–water partition coefficient (Wildman–Crippen LogP) is 2.17. The number of ether oxygens (including phenoxy) is 1. The molecule has 1 atom stereocenters. The summed E-state index contributed by atoms with van der Waals surface area (Å²) in [6.45, 7) is 2.44. The zero-order valence-electron chi connectivity index (χ0n) is 9.82. The molecule has 88 valence electrons. The van der Waals surface area contributed by atoms with E-state index >= 15 is 0 Å². The molecule has 4 heteroatoms. The van der Waals surface area contributed by atoms with E-state index in [-0.39, 0.29) is 11.9 Å². The second-order valence-corrected chi connectivity index (χ2v) is 4.38. The van der Waals surface area contributed by atoms with Gasteiger partial charge in [-0.15, -0.1) is 11.8 Å². The first-order valence-corrected chi connectivity index (χ1v) is 6.34. The highest BCUT2D eigenvalue weighted by molar-refractivity contribution is 7.98. The van der Waals surface area contributed by atoms with Crippen molar-refractivity contribution >= 4 is 17.7 Å². The maximum absolute atomic E-state index is 11.9. The van der Waals surface area contributed by atoms with E-state index in [4.69, 9.17) is 4.74 Å². The third-order valence-electron chi connectivity index (χ3n) is 2.15. The molecule has 16 heavy (non-hydrogen) atoms. The maximum atomic E-state index is 11.9. The van der Waals surface area contributed by atoms with Crippen LogP contribution in [0.15, 0.2) is 29.2 Å². The van der Waals surface area contributed by atoms with Gasteiger partial charge in [-0.1, -0.05) is 12.1 Å².